The second-order valence-electron chi connectivity index (χ2n) is 7.36. The minimum atomic E-state index is -0.761. The van der Waals surface area contributed by atoms with Gasteiger partial charge in [-0.05, 0) is 38.0 Å². The summed E-state index contributed by atoms with van der Waals surface area (Å²) in [5.41, 5.74) is 1.57. The molecule has 2 aromatic heterocycles. The number of rotatable bonds is 3. The Bertz CT molecular complexity index is 1040. The number of imidazole rings is 1. The Kier molecular flexibility index (Phi) is 5.08. The van der Waals surface area contributed by atoms with E-state index in [4.69, 9.17) is 4.98 Å². The molecule has 0 bridgehead atoms. The maximum Gasteiger partial charge on any atom is 0.254 e. The van der Waals surface area contributed by atoms with Crippen molar-refractivity contribution in [1.82, 2.24) is 24.4 Å². The molecule has 1 aliphatic heterocycles. The standard InChI is InChI=1S/C21H21F2N5O/c1-13-8-18(20-24-5-7-27(20)2)26-19(25-13)14-4-3-6-28(12-14)21(29)15-9-16(22)11-17(23)10-15/h5,7-11,14H,3-4,6,12H2,1-2H3/t14-/m1/s1. The van der Waals surface area contributed by atoms with Crippen molar-refractivity contribution < 1.29 is 13.6 Å². The molecule has 1 saturated heterocycles. The summed E-state index contributed by atoms with van der Waals surface area (Å²) >= 11 is 0. The number of aromatic nitrogens is 4. The van der Waals surface area contributed by atoms with Crippen LogP contribution >= 0.6 is 0 Å². The van der Waals surface area contributed by atoms with Crippen molar-refractivity contribution in [2.75, 3.05) is 13.1 Å². The molecule has 0 unspecified atom stereocenters. The molecule has 3 aromatic rings. The minimum absolute atomic E-state index is 0.0157. The van der Waals surface area contributed by atoms with Gasteiger partial charge in [-0.1, -0.05) is 0 Å². The number of amides is 1. The Balaban J connectivity index is 1.59. The van der Waals surface area contributed by atoms with Gasteiger partial charge in [0.1, 0.15) is 23.2 Å². The predicted molar refractivity (Wildman–Crippen MR) is 103 cm³/mol. The van der Waals surface area contributed by atoms with Crippen LogP contribution in [0, 0.1) is 18.6 Å². The normalized spacial score (nSPS) is 16.8. The summed E-state index contributed by atoms with van der Waals surface area (Å²) in [6.07, 6.45) is 5.17. The van der Waals surface area contributed by atoms with Gasteiger partial charge in [-0.2, -0.15) is 0 Å². The van der Waals surface area contributed by atoms with Gasteiger partial charge in [0.25, 0.3) is 5.91 Å². The molecule has 1 amide bonds. The van der Waals surface area contributed by atoms with Gasteiger partial charge in [-0.3, -0.25) is 4.79 Å². The molecule has 1 fully saturated rings. The van der Waals surface area contributed by atoms with E-state index in [-0.39, 0.29) is 17.4 Å². The number of piperidine rings is 1. The fraction of sp³-hybridized carbons (Fsp3) is 0.333. The van der Waals surface area contributed by atoms with Gasteiger partial charge in [0.15, 0.2) is 5.82 Å². The third-order valence-corrected chi connectivity index (χ3v) is 5.11. The summed E-state index contributed by atoms with van der Waals surface area (Å²) in [4.78, 5) is 28.0. The average Bonchev–Trinajstić information content (AvgIpc) is 3.12. The molecule has 1 aliphatic rings. The zero-order valence-electron chi connectivity index (χ0n) is 16.3. The van der Waals surface area contributed by atoms with Gasteiger partial charge >= 0.3 is 0 Å². The van der Waals surface area contributed by atoms with Crippen LogP contribution in [0.5, 0.6) is 0 Å². The summed E-state index contributed by atoms with van der Waals surface area (Å²) in [5.74, 6) is -0.552. The third kappa shape index (κ3) is 4.01. The number of likely N-dealkylation sites (tertiary alicyclic amines) is 1. The predicted octanol–water partition coefficient (Wildman–Crippen LogP) is 3.48. The van der Waals surface area contributed by atoms with E-state index in [1.807, 2.05) is 30.8 Å². The zero-order chi connectivity index (χ0) is 20.5. The van der Waals surface area contributed by atoms with Crippen LogP contribution in [0.4, 0.5) is 8.78 Å². The first-order valence-electron chi connectivity index (χ1n) is 9.49. The quantitative estimate of drug-likeness (QED) is 0.679. The molecular weight excluding hydrogens is 376 g/mol. The van der Waals surface area contributed by atoms with Crippen molar-refractivity contribution in [2.45, 2.75) is 25.7 Å². The van der Waals surface area contributed by atoms with Crippen LogP contribution < -0.4 is 0 Å². The number of hydrogen-bond acceptors (Lipinski definition) is 4. The molecule has 4 rings (SSSR count). The van der Waals surface area contributed by atoms with Crippen molar-refractivity contribution in [1.29, 1.82) is 0 Å². The second-order valence-corrected chi connectivity index (χ2v) is 7.36. The van der Waals surface area contributed by atoms with Gasteiger partial charge in [0.2, 0.25) is 0 Å². The molecule has 29 heavy (non-hydrogen) atoms. The number of nitrogens with zero attached hydrogens (tertiary/aromatic N) is 5. The minimum Gasteiger partial charge on any atom is -0.338 e. The van der Waals surface area contributed by atoms with Gasteiger partial charge < -0.3 is 9.47 Å². The van der Waals surface area contributed by atoms with Crippen LogP contribution in [-0.4, -0.2) is 43.4 Å². The Morgan fingerprint density at radius 1 is 1.14 bits per heavy atom. The lowest BCUT2D eigenvalue weighted by Crippen LogP contribution is -2.39. The van der Waals surface area contributed by atoms with E-state index >= 15 is 0 Å². The molecule has 150 valence electrons. The van der Waals surface area contributed by atoms with Crippen molar-refractivity contribution in [3.63, 3.8) is 0 Å². The molecule has 6 nitrogen and oxygen atoms in total. The Morgan fingerprint density at radius 3 is 2.59 bits per heavy atom. The summed E-state index contributed by atoms with van der Waals surface area (Å²) < 4.78 is 28.9. The molecule has 3 heterocycles. The summed E-state index contributed by atoms with van der Waals surface area (Å²) in [5, 5.41) is 0. The van der Waals surface area contributed by atoms with Crippen LogP contribution in [0.3, 0.4) is 0 Å². The van der Waals surface area contributed by atoms with Gasteiger partial charge in [0, 0.05) is 55.8 Å². The zero-order valence-corrected chi connectivity index (χ0v) is 16.3. The monoisotopic (exact) mass is 397 g/mol. The smallest absolute Gasteiger partial charge is 0.254 e. The number of benzene rings is 1. The van der Waals surface area contributed by atoms with E-state index in [0.717, 1.165) is 48.3 Å². The Morgan fingerprint density at radius 2 is 1.90 bits per heavy atom. The number of carbonyl (C=O) groups is 1. The lowest BCUT2D eigenvalue weighted by Gasteiger charge is -2.32. The maximum atomic E-state index is 13.5. The molecule has 8 heteroatoms. The summed E-state index contributed by atoms with van der Waals surface area (Å²) in [7, 11) is 1.90. The van der Waals surface area contributed by atoms with Gasteiger partial charge in [-0.15, -0.1) is 0 Å². The summed E-state index contributed by atoms with van der Waals surface area (Å²) in [6, 6.07) is 4.78. The second kappa shape index (κ2) is 7.69. The van der Waals surface area contributed by atoms with E-state index in [2.05, 4.69) is 9.97 Å². The highest BCUT2D eigenvalue weighted by atomic mass is 19.1. The molecular formula is C21H21F2N5O. The van der Waals surface area contributed by atoms with Crippen LogP contribution in [0.1, 0.15) is 40.6 Å². The van der Waals surface area contributed by atoms with Crippen LogP contribution in [-0.2, 0) is 7.05 Å². The van der Waals surface area contributed by atoms with Crippen LogP contribution in [0.2, 0.25) is 0 Å². The van der Waals surface area contributed by atoms with E-state index in [9.17, 15) is 13.6 Å². The van der Waals surface area contributed by atoms with Crippen LogP contribution in [0.15, 0.2) is 36.7 Å². The lowest BCUT2D eigenvalue weighted by atomic mass is 9.96. The fourth-order valence-electron chi connectivity index (χ4n) is 3.73. The molecule has 1 atom stereocenters. The highest BCUT2D eigenvalue weighted by Crippen LogP contribution is 2.27. The number of aryl methyl sites for hydroxylation is 2. The Labute approximate surface area is 167 Å². The lowest BCUT2D eigenvalue weighted by molar-refractivity contribution is 0.0703. The van der Waals surface area contributed by atoms with Gasteiger partial charge in [0.05, 0.1) is 0 Å². The van der Waals surface area contributed by atoms with Crippen molar-refractivity contribution in [2.24, 2.45) is 7.05 Å². The number of halogens is 2. The van der Waals surface area contributed by atoms with Crippen molar-refractivity contribution >= 4 is 5.91 Å². The van der Waals surface area contributed by atoms with E-state index < -0.39 is 11.6 Å². The first kappa shape index (κ1) is 19.2. The first-order chi connectivity index (χ1) is 13.9. The largest absolute Gasteiger partial charge is 0.338 e. The Hall–Kier alpha value is -3.16. The third-order valence-electron chi connectivity index (χ3n) is 5.11. The van der Waals surface area contributed by atoms with E-state index in [1.165, 1.54) is 0 Å². The van der Waals surface area contributed by atoms with Crippen molar-refractivity contribution in [3.8, 4) is 11.5 Å². The average molecular weight is 397 g/mol. The number of carbonyl (C=O) groups excluding carboxylic acids is 1. The first-order valence-corrected chi connectivity index (χ1v) is 9.49. The topological polar surface area (TPSA) is 63.9 Å². The highest BCUT2D eigenvalue weighted by Gasteiger charge is 2.28. The molecule has 0 aliphatic carbocycles. The maximum absolute atomic E-state index is 13.5. The molecule has 0 N–H and O–H groups in total. The van der Waals surface area contributed by atoms with Gasteiger partial charge in [-0.25, -0.2) is 23.7 Å². The fourth-order valence-corrected chi connectivity index (χ4v) is 3.73. The summed E-state index contributed by atoms with van der Waals surface area (Å²) in [6.45, 7) is 2.84. The SMILES string of the molecule is Cc1cc(-c2nccn2C)nc([C@@H]2CCCN(C(=O)c3cc(F)cc(F)c3)C2)n1. The van der Waals surface area contributed by atoms with E-state index in [1.54, 1.807) is 11.1 Å². The molecule has 0 saturated carbocycles. The molecule has 0 spiro atoms. The highest BCUT2D eigenvalue weighted by molar-refractivity contribution is 5.94. The number of hydrogen-bond donors (Lipinski definition) is 0. The van der Waals surface area contributed by atoms with Crippen molar-refractivity contribution in [3.05, 3.63) is 65.4 Å². The van der Waals surface area contributed by atoms with E-state index in [0.29, 0.717) is 18.9 Å². The van der Waals surface area contributed by atoms with Crippen LogP contribution in [0.25, 0.3) is 11.5 Å². The molecule has 1 aromatic carbocycles. The molecule has 0 radical (unpaired) electrons.